The molecule has 0 heterocycles. The van der Waals surface area contributed by atoms with Gasteiger partial charge in [-0.1, -0.05) is 18.2 Å². The molecule has 1 atom stereocenters. The molecule has 1 unspecified atom stereocenters. The number of halogens is 3. The van der Waals surface area contributed by atoms with Gasteiger partial charge in [0, 0.05) is 17.6 Å². The minimum Gasteiger partial charge on any atom is -0.457 e. The predicted octanol–water partition coefficient (Wildman–Crippen LogP) is 4.86. The molecule has 0 aromatic heterocycles. The average molecular weight is 377 g/mol. The Morgan fingerprint density at radius 3 is 2.63 bits per heavy atom. The lowest BCUT2D eigenvalue weighted by atomic mass is 9.88. The van der Waals surface area contributed by atoms with E-state index in [1.54, 1.807) is 30.3 Å². The first-order valence-electron chi connectivity index (χ1n) is 8.97. The minimum absolute atomic E-state index is 0.0564. The largest absolute Gasteiger partial charge is 0.457 e. The van der Waals surface area contributed by atoms with Gasteiger partial charge >= 0.3 is 0 Å². The van der Waals surface area contributed by atoms with Crippen molar-refractivity contribution in [3.8, 4) is 5.75 Å². The Kier molecular flexibility index (Phi) is 6.19. The maximum absolute atomic E-state index is 14.3. The topological polar surface area (TPSA) is 55.5 Å². The molecule has 0 saturated heterocycles. The molecule has 0 saturated carbocycles. The first kappa shape index (κ1) is 19.5. The molecule has 27 heavy (non-hydrogen) atoms. The van der Waals surface area contributed by atoms with Crippen molar-refractivity contribution in [3.05, 3.63) is 70.8 Å². The maximum Gasteiger partial charge on any atom is 0.190 e. The van der Waals surface area contributed by atoms with Crippen molar-refractivity contribution in [1.29, 1.82) is 0 Å². The van der Waals surface area contributed by atoms with Crippen LogP contribution in [-0.2, 0) is 0 Å². The van der Waals surface area contributed by atoms with E-state index in [1.165, 1.54) is 0 Å². The molecule has 0 fully saturated rings. The second kappa shape index (κ2) is 8.59. The Morgan fingerprint density at radius 2 is 1.89 bits per heavy atom. The van der Waals surface area contributed by atoms with Crippen LogP contribution < -0.4 is 10.5 Å². The molecule has 6 heteroatoms. The third kappa shape index (κ3) is 4.17. The van der Waals surface area contributed by atoms with Crippen molar-refractivity contribution in [2.45, 2.75) is 25.7 Å². The van der Waals surface area contributed by atoms with E-state index in [0.29, 0.717) is 30.0 Å². The molecular formula is C21H22F3NO2. The summed E-state index contributed by atoms with van der Waals surface area (Å²) in [7, 11) is 0. The molecule has 2 aliphatic rings. The number of aliphatic hydroxyl groups excluding tert-OH is 1. The summed E-state index contributed by atoms with van der Waals surface area (Å²) < 4.78 is 47.2. The van der Waals surface area contributed by atoms with Crippen LogP contribution in [0.25, 0.3) is 5.57 Å². The lowest BCUT2D eigenvalue weighted by molar-refractivity contribution is 0.306. The Bertz CT molecular complexity index is 840. The van der Waals surface area contributed by atoms with Crippen LogP contribution in [0.5, 0.6) is 5.75 Å². The van der Waals surface area contributed by atoms with Gasteiger partial charge in [0.05, 0.1) is 6.61 Å². The summed E-state index contributed by atoms with van der Waals surface area (Å²) >= 11 is 0. The second-order valence-corrected chi connectivity index (χ2v) is 6.60. The van der Waals surface area contributed by atoms with Crippen LogP contribution in [0.2, 0.25) is 0 Å². The van der Waals surface area contributed by atoms with Crippen LogP contribution in [0.3, 0.4) is 0 Å². The molecule has 0 spiro atoms. The van der Waals surface area contributed by atoms with Crippen molar-refractivity contribution >= 4 is 5.57 Å². The van der Waals surface area contributed by atoms with Gasteiger partial charge in [-0.15, -0.1) is 0 Å². The number of benzene rings is 1. The first-order valence-corrected chi connectivity index (χ1v) is 8.97. The monoisotopic (exact) mass is 377 g/mol. The van der Waals surface area contributed by atoms with Gasteiger partial charge in [-0.2, -0.15) is 0 Å². The third-order valence-corrected chi connectivity index (χ3v) is 4.88. The Hall–Kier alpha value is -2.31. The average Bonchev–Trinajstić information content (AvgIpc) is 2.68. The van der Waals surface area contributed by atoms with Crippen molar-refractivity contribution < 1.29 is 23.0 Å². The number of hydrogen-bond donors (Lipinski definition) is 2. The normalized spacial score (nSPS) is 20.6. The Balaban J connectivity index is 1.89. The van der Waals surface area contributed by atoms with Crippen molar-refractivity contribution in [3.63, 3.8) is 0 Å². The minimum atomic E-state index is -1.44. The fourth-order valence-electron chi connectivity index (χ4n) is 3.41. The smallest absolute Gasteiger partial charge is 0.190 e. The van der Waals surface area contributed by atoms with Gasteiger partial charge in [-0.3, -0.25) is 0 Å². The van der Waals surface area contributed by atoms with Crippen molar-refractivity contribution in [2.75, 3.05) is 13.2 Å². The van der Waals surface area contributed by atoms with Crippen LogP contribution in [0, 0.1) is 5.92 Å². The fraction of sp³-hybridized carbons (Fsp3) is 0.333. The quantitative estimate of drug-likeness (QED) is 0.744. The lowest BCUT2D eigenvalue weighted by Crippen LogP contribution is -2.16. The first-order chi connectivity index (χ1) is 13.0. The fourth-order valence-corrected chi connectivity index (χ4v) is 3.41. The van der Waals surface area contributed by atoms with E-state index in [2.05, 4.69) is 0 Å². The number of para-hydroxylation sites is 1. The molecule has 1 aromatic rings. The predicted molar refractivity (Wildman–Crippen MR) is 98.6 cm³/mol. The number of rotatable bonds is 6. The summed E-state index contributed by atoms with van der Waals surface area (Å²) in [6.45, 7) is 0.431. The highest BCUT2D eigenvalue weighted by Crippen LogP contribution is 2.41. The summed E-state index contributed by atoms with van der Waals surface area (Å²) in [6, 6.07) is 6.69. The molecule has 0 bridgehead atoms. The van der Waals surface area contributed by atoms with Crippen LogP contribution >= 0.6 is 0 Å². The number of nitrogens with two attached hydrogens (primary N) is 1. The third-order valence-electron chi connectivity index (χ3n) is 4.88. The Labute approximate surface area is 156 Å². The van der Waals surface area contributed by atoms with Crippen molar-refractivity contribution in [1.82, 2.24) is 0 Å². The van der Waals surface area contributed by atoms with E-state index in [0.717, 1.165) is 12.0 Å². The summed E-state index contributed by atoms with van der Waals surface area (Å²) in [4.78, 5) is 0. The summed E-state index contributed by atoms with van der Waals surface area (Å²) in [5.74, 6) is -2.62. The highest BCUT2D eigenvalue weighted by Gasteiger charge is 2.26. The molecule has 1 aromatic carbocycles. The van der Waals surface area contributed by atoms with E-state index in [9.17, 15) is 18.3 Å². The molecule has 3 N–H and O–H groups in total. The van der Waals surface area contributed by atoms with Gasteiger partial charge in [0.1, 0.15) is 17.3 Å². The zero-order valence-corrected chi connectivity index (χ0v) is 14.9. The highest BCUT2D eigenvalue weighted by molar-refractivity contribution is 5.75. The maximum atomic E-state index is 14.3. The molecule has 3 nitrogen and oxygen atoms in total. The van der Waals surface area contributed by atoms with Crippen LogP contribution in [0.15, 0.2) is 65.2 Å². The van der Waals surface area contributed by atoms with E-state index in [1.807, 2.05) is 6.08 Å². The molecule has 144 valence electrons. The zero-order valence-electron chi connectivity index (χ0n) is 14.9. The summed E-state index contributed by atoms with van der Waals surface area (Å²) in [5, 5.41) is 9.59. The van der Waals surface area contributed by atoms with Crippen LogP contribution in [-0.4, -0.2) is 18.3 Å². The van der Waals surface area contributed by atoms with Crippen LogP contribution in [0.4, 0.5) is 13.2 Å². The van der Waals surface area contributed by atoms with Gasteiger partial charge < -0.3 is 15.6 Å². The molecule has 3 rings (SSSR count). The van der Waals surface area contributed by atoms with Crippen molar-refractivity contribution in [2.24, 2.45) is 11.7 Å². The van der Waals surface area contributed by atoms with Gasteiger partial charge in [-0.05, 0) is 55.5 Å². The number of allylic oxidation sites excluding steroid dienone is 6. The molecular weight excluding hydrogens is 355 g/mol. The SMILES string of the molecule is NCCC1CC=C(Oc2ccccc2C2=C(F)C(F)=C(F)CC2)C=C1CO. The molecule has 0 radical (unpaired) electrons. The lowest BCUT2D eigenvalue weighted by Gasteiger charge is -2.23. The number of hydrogen-bond acceptors (Lipinski definition) is 3. The molecule has 0 aliphatic heterocycles. The molecule has 2 aliphatic carbocycles. The highest BCUT2D eigenvalue weighted by atomic mass is 19.2. The van der Waals surface area contributed by atoms with E-state index < -0.39 is 17.5 Å². The van der Waals surface area contributed by atoms with Gasteiger partial charge in [0.25, 0.3) is 0 Å². The number of ether oxygens (including phenoxy) is 1. The second-order valence-electron chi connectivity index (χ2n) is 6.60. The van der Waals surface area contributed by atoms with Crippen LogP contribution in [0.1, 0.15) is 31.2 Å². The van der Waals surface area contributed by atoms with E-state index >= 15 is 0 Å². The Morgan fingerprint density at radius 1 is 1.11 bits per heavy atom. The molecule has 0 amide bonds. The standard InChI is InChI=1S/C21H22F3NO2/c22-18-8-7-17(20(23)21(18)24)16-3-1-2-4-19(16)27-15-6-5-13(9-10-25)14(11-15)12-26/h1-4,6,11,13,26H,5,7-10,12,25H2. The summed E-state index contributed by atoms with van der Waals surface area (Å²) in [5.41, 5.74) is 6.92. The zero-order chi connectivity index (χ0) is 19.4. The van der Waals surface area contributed by atoms with E-state index in [-0.39, 0.29) is 30.9 Å². The van der Waals surface area contributed by atoms with Gasteiger partial charge in [0.15, 0.2) is 11.7 Å². The summed E-state index contributed by atoms with van der Waals surface area (Å²) in [6.07, 6.45) is 4.97. The van der Waals surface area contributed by atoms with Gasteiger partial charge in [0.2, 0.25) is 0 Å². The number of aliphatic hydroxyl groups is 1. The van der Waals surface area contributed by atoms with Gasteiger partial charge in [-0.25, -0.2) is 13.2 Å². The van der Waals surface area contributed by atoms with E-state index in [4.69, 9.17) is 10.5 Å².